The third kappa shape index (κ3) is 2.74. The van der Waals surface area contributed by atoms with Crippen molar-refractivity contribution < 1.29 is 0 Å². The lowest BCUT2D eigenvalue weighted by Gasteiger charge is -2.10. The molecule has 1 aliphatic carbocycles. The summed E-state index contributed by atoms with van der Waals surface area (Å²) in [7, 11) is 0. The first-order valence-corrected chi connectivity index (χ1v) is 7.52. The van der Waals surface area contributed by atoms with E-state index in [9.17, 15) is 0 Å². The molecule has 1 fully saturated rings. The van der Waals surface area contributed by atoms with Crippen molar-refractivity contribution in [1.29, 1.82) is 0 Å². The zero-order chi connectivity index (χ0) is 14.1. The molecule has 0 spiro atoms. The first-order valence-electron chi connectivity index (χ1n) is 6.76. The molecular weight excluding hydrogens is 293 g/mol. The zero-order valence-corrected chi connectivity index (χ0v) is 12.7. The van der Waals surface area contributed by atoms with Gasteiger partial charge < -0.3 is 5.32 Å². The highest BCUT2D eigenvalue weighted by Gasteiger charge is 2.26. The van der Waals surface area contributed by atoms with Crippen molar-refractivity contribution in [1.82, 2.24) is 9.97 Å². The molecule has 2 aromatic rings. The number of anilines is 1. The first-order chi connectivity index (χ1) is 9.69. The van der Waals surface area contributed by atoms with Gasteiger partial charge in [0.15, 0.2) is 5.82 Å². The highest BCUT2D eigenvalue weighted by molar-refractivity contribution is 6.38. The summed E-state index contributed by atoms with van der Waals surface area (Å²) in [6, 6.07) is 7.46. The Labute approximate surface area is 128 Å². The van der Waals surface area contributed by atoms with Crippen molar-refractivity contribution in [3.05, 3.63) is 40.0 Å². The highest BCUT2D eigenvalue weighted by Crippen LogP contribution is 2.41. The fourth-order valence-corrected chi connectivity index (χ4v) is 2.72. The van der Waals surface area contributed by atoms with Gasteiger partial charge in [0.05, 0.1) is 15.6 Å². The van der Waals surface area contributed by atoms with E-state index in [1.54, 1.807) is 0 Å². The molecule has 3 nitrogen and oxygen atoms in total. The Kier molecular flexibility index (Phi) is 3.81. The predicted molar refractivity (Wildman–Crippen MR) is 83.6 cm³/mol. The van der Waals surface area contributed by atoms with E-state index >= 15 is 0 Å². The number of rotatable bonds is 4. The average molecular weight is 308 g/mol. The lowest BCUT2D eigenvalue weighted by atomic mass is 10.2. The largest absolute Gasteiger partial charge is 0.370 e. The number of hydrogen-bond donors (Lipinski definition) is 1. The van der Waals surface area contributed by atoms with Crippen LogP contribution < -0.4 is 5.32 Å². The van der Waals surface area contributed by atoms with Crippen molar-refractivity contribution in [2.75, 3.05) is 11.9 Å². The van der Waals surface area contributed by atoms with E-state index in [0.717, 1.165) is 18.1 Å². The second-order valence-corrected chi connectivity index (χ2v) is 5.72. The molecule has 1 saturated carbocycles. The van der Waals surface area contributed by atoms with Crippen molar-refractivity contribution in [3.8, 4) is 11.4 Å². The van der Waals surface area contributed by atoms with Gasteiger partial charge in [-0.1, -0.05) is 29.3 Å². The summed E-state index contributed by atoms with van der Waals surface area (Å²) in [6.07, 6.45) is 2.39. The van der Waals surface area contributed by atoms with E-state index in [-0.39, 0.29) is 0 Å². The molecule has 1 aromatic heterocycles. The van der Waals surface area contributed by atoms with Gasteiger partial charge in [0.25, 0.3) is 0 Å². The van der Waals surface area contributed by atoms with Gasteiger partial charge >= 0.3 is 0 Å². The number of hydrogen-bond acceptors (Lipinski definition) is 3. The number of aromatic nitrogens is 2. The minimum Gasteiger partial charge on any atom is -0.370 e. The summed E-state index contributed by atoms with van der Waals surface area (Å²) in [5.41, 5.74) is 1.78. The van der Waals surface area contributed by atoms with Crippen LogP contribution in [-0.2, 0) is 0 Å². The second-order valence-electron chi connectivity index (χ2n) is 4.90. The van der Waals surface area contributed by atoms with Crippen LogP contribution in [-0.4, -0.2) is 16.5 Å². The van der Waals surface area contributed by atoms with E-state index < -0.39 is 0 Å². The number of benzene rings is 1. The molecule has 5 heteroatoms. The van der Waals surface area contributed by atoms with E-state index in [1.807, 2.05) is 31.2 Å². The molecule has 0 saturated heterocycles. The van der Waals surface area contributed by atoms with Crippen LogP contribution in [0.1, 0.15) is 31.4 Å². The summed E-state index contributed by atoms with van der Waals surface area (Å²) in [5.74, 6) is 1.98. The molecule has 0 aliphatic heterocycles. The minimum absolute atomic E-state index is 0.551. The van der Waals surface area contributed by atoms with Crippen LogP contribution in [0.25, 0.3) is 11.4 Å². The Bertz CT molecular complexity index is 619. The monoisotopic (exact) mass is 307 g/mol. The summed E-state index contributed by atoms with van der Waals surface area (Å²) in [6.45, 7) is 2.86. The molecule has 104 valence electrons. The van der Waals surface area contributed by atoms with Crippen LogP contribution in [0.2, 0.25) is 10.0 Å². The molecule has 1 aromatic carbocycles. The van der Waals surface area contributed by atoms with Crippen LogP contribution >= 0.6 is 23.2 Å². The lowest BCUT2D eigenvalue weighted by molar-refractivity contribution is 0.988. The molecule has 1 aliphatic rings. The molecule has 0 atom stereocenters. The van der Waals surface area contributed by atoms with E-state index in [2.05, 4.69) is 15.3 Å². The Balaban J connectivity index is 2.12. The number of nitrogens with zero attached hydrogens (tertiary/aromatic N) is 2. The van der Waals surface area contributed by atoms with Crippen LogP contribution in [0.5, 0.6) is 0 Å². The zero-order valence-electron chi connectivity index (χ0n) is 11.2. The number of nitrogens with one attached hydrogen (secondary N) is 1. The summed E-state index contributed by atoms with van der Waals surface area (Å²) < 4.78 is 0. The Morgan fingerprint density at radius 2 is 1.90 bits per heavy atom. The van der Waals surface area contributed by atoms with Crippen LogP contribution in [0.4, 0.5) is 5.82 Å². The van der Waals surface area contributed by atoms with Crippen LogP contribution in [0.15, 0.2) is 24.3 Å². The van der Waals surface area contributed by atoms with Gasteiger partial charge in [0.2, 0.25) is 0 Å². The Morgan fingerprint density at radius 3 is 2.50 bits per heavy atom. The summed E-state index contributed by atoms with van der Waals surface area (Å²) in [4.78, 5) is 9.18. The van der Waals surface area contributed by atoms with Crippen molar-refractivity contribution in [2.24, 2.45) is 0 Å². The maximum absolute atomic E-state index is 6.26. The van der Waals surface area contributed by atoms with Crippen molar-refractivity contribution >= 4 is 29.0 Å². The second kappa shape index (κ2) is 5.58. The van der Waals surface area contributed by atoms with Gasteiger partial charge in [0, 0.05) is 24.2 Å². The van der Waals surface area contributed by atoms with Crippen LogP contribution in [0.3, 0.4) is 0 Å². The maximum Gasteiger partial charge on any atom is 0.164 e. The maximum atomic E-state index is 6.26. The van der Waals surface area contributed by atoms with Gasteiger partial charge in [-0.3, -0.25) is 0 Å². The summed E-state index contributed by atoms with van der Waals surface area (Å²) >= 11 is 12.5. The highest BCUT2D eigenvalue weighted by atomic mass is 35.5. The molecule has 20 heavy (non-hydrogen) atoms. The molecular formula is C15H15Cl2N3. The SMILES string of the molecule is CCNc1cc(C2CC2)nc(-c2c(Cl)cccc2Cl)n1. The molecule has 0 amide bonds. The van der Waals surface area contributed by atoms with Crippen LogP contribution in [0, 0.1) is 0 Å². The minimum atomic E-state index is 0.551. The standard InChI is InChI=1S/C15H15Cl2N3/c1-2-18-13-8-12(9-6-7-9)19-15(20-13)14-10(16)4-3-5-11(14)17/h3-5,8-9H,2,6-7H2,1H3,(H,18,19,20). The predicted octanol–water partition coefficient (Wildman–Crippen LogP) is 4.76. The lowest BCUT2D eigenvalue weighted by Crippen LogP contribution is -2.04. The van der Waals surface area contributed by atoms with E-state index in [0.29, 0.717) is 27.4 Å². The van der Waals surface area contributed by atoms with E-state index in [4.69, 9.17) is 23.2 Å². The molecule has 1 N–H and O–H groups in total. The Morgan fingerprint density at radius 1 is 1.20 bits per heavy atom. The van der Waals surface area contributed by atoms with E-state index in [1.165, 1.54) is 12.8 Å². The molecule has 0 bridgehead atoms. The topological polar surface area (TPSA) is 37.8 Å². The molecule has 0 radical (unpaired) electrons. The fourth-order valence-electron chi connectivity index (χ4n) is 2.15. The third-order valence-corrected chi connectivity index (χ3v) is 3.92. The number of halogens is 2. The van der Waals surface area contributed by atoms with Gasteiger partial charge in [-0.15, -0.1) is 0 Å². The third-order valence-electron chi connectivity index (χ3n) is 3.29. The molecule has 0 unspecified atom stereocenters. The Hall–Kier alpha value is -1.32. The smallest absolute Gasteiger partial charge is 0.164 e. The summed E-state index contributed by atoms with van der Waals surface area (Å²) in [5, 5.41) is 4.40. The average Bonchev–Trinajstić information content (AvgIpc) is 3.23. The van der Waals surface area contributed by atoms with Gasteiger partial charge in [-0.25, -0.2) is 9.97 Å². The van der Waals surface area contributed by atoms with Gasteiger partial charge in [-0.05, 0) is 31.9 Å². The fraction of sp³-hybridized carbons (Fsp3) is 0.333. The molecule has 1 heterocycles. The first kappa shape index (κ1) is 13.7. The molecule has 3 rings (SSSR count). The quantitative estimate of drug-likeness (QED) is 0.885. The van der Waals surface area contributed by atoms with Gasteiger partial charge in [-0.2, -0.15) is 0 Å². The van der Waals surface area contributed by atoms with Gasteiger partial charge in [0.1, 0.15) is 5.82 Å². The van der Waals surface area contributed by atoms with Crippen molar-refractivity contribution in [2.45, 2.75) is 25.7 Å². The van der Waals surface area contributed by atoms with Crippen molar-refractivity contribution in [3.63, 3.8) is 0 Å². The normalized spacial score (nSPS) is 14.3.